The van der Waals surface area contributed by atoms with Gasteiger partial charge in [-0.3, -0.25) is 0 Å². The van der Waals surface area contributed by atoms with Crippen LogP contribution in [0, 0.1) is 0 Å². The quantitative estimate of drug-likeness (QED) is 0.708. The first-order valence-electron chi connectivity index (χ1n) is 8.45. The summed E-state index contributed by atoms with van der Waals surface area (Å²) in [6, 6.07) is 7.49. The van der Waals surface area contributed by atoms with Crippen molar-refractivity contribution in [3.63, 3.8) is 0 Å². The summed E-state index contributed by atoms with van der Waals surface area (Å²) in [5, 5.41) is 13.3. The fourth-order valence-electron chi connectivity index (χ4n) is 3.05. The van der Waals surface area contributed by atoms with Crippen LogP contribution in [0.5, 0.6) is 0 Å². The summed E-state index contributed by atoms with van der Waals surface area (Å²) in [5.41, 5.74) is 8.19. The zero-order chi connectivity index (χ0) is 17.4. The SMILES string of the molecule is CCCc1c(-c2nc(C3(N)CCC3)no2)nnn1-c1cccc(Cl)c1.Cl. The Morgan fingerprint density at radius 3 is 2.81 bits per heavy atom. The minimum Gasteiger partial charge on any atom is -0.332 e. The average Bonchev–Trinajstić information content (AvgIpc) is 3.20. The molecule has 0 spiro atoms. The summed E-state index contributed by atoms with van der Waals surface area (Å²) < 4.78 is 7.22. The number of halogens is 2. The highest BCUT2D eigenvalue weighted by atomic mass is 35.5. The molecule has 7 nitrogen and oxygen atoms in total. The van der Waals surface area contributed by atoms with E-state index in [4.69, 9.17) is 21.9 Å². The molecule has 0 saturated heterocycles. The minimum absolute atomic E-state index is 0. The number of rotatable bonds is 5. The summed E-state index contributed by atoms with van der Waals surface area (Å²) in [6.07, 6.45) is 4.56. The number of aromatic nitrogens is 5. The molecule has 3 aromatic rings. The van der Waals surface area contributed by atoms with Crippen LogP contribution in [-0.2, 0) is 12.0 Å². The van der Waals surface area contributed by atoms with Crippen LogP contribution in [0.4, 0.5) is 0 Å². The first-order chi connectivity index (χ1) is 12.1. The molecule has 1 fully saturated rings. The second kappa shape index (κ2) is 7.34. The lowest BCUT2D eigenvalue weighted by atomic mass is 9.77. The fraction of sp³-hybridized carbons (Fsp3) is 0.412. The van der Waals surface area contributed by atoms with Gasteiger partial charge in [-0.25, -0.2) is 4.68 Å². The van der Waals surface area contributed by atoms with Crippen molar-refractivity contribution in [3.05, 3.63) is 40.8 Å². The third-order valence-corrected chi connectivity index (χ3v) is 4.86. The third kappa shape index (κ3) is 3.22. The minimum atomic E-state index is -0.463. The van der Waals surface area contributed by atoms with Crippen molar-refractivity contribution in [2.45, 2.75) is 44.6 Å². The summed E-state index contributed by atoms with van der Waals surface area (Å²) >= 11 is 6.11. The van der Waals surface area contributed by atoms with Crippen molar-refractivity contribution < 1.29 is 4.52 Å². The predicted molar refractivity (Wildman–Crippen MR) is 101 cm³/mol. The molecule has 26 heavy (non-hydrogen) atoms. The van der Waals surface area contributed by atoms with Gasteiger partial charge in [0.05, 0.1) is 16.9 Å². The van der Waals surface area contributed by atoms with Crippen LogP contribution in [0.2, 0.25) is 5.02 Å². The molecule has 0 atom stereocenters. The molecule has 0 bridgehead atoms. The van der Waals surface area contributed by atoms with E-state index in [9.17, 15) is 0 Å². The maximum atomic E-state index is 6.28. The second-order valence-corrected chi connectivity index (χ2v) is 6.90. The molecule has 1 aliphatic rings. The molecule has 2 N–H and O–H groups in total. The Labute approximate surface area is 162 Å². The molecule has 2 heterocycles. The molecular formula is C17H20Cl2N6O. The Balaban J connectivity index is 0.00000196. The summed E-state index contributed by atoms with van der Waals surface area (Å²) in [6.45, 7) is 2.10. The topological polar surface area (TPSA) is 95.7 Å². The lowest BCUT2D eigenvalue weighted by Crippen LogP contribution is -2.44. The molecule has 0 unspecified atom stereocenters. The van der Waals surface area contributed by atoms with Crippen molar-refractivity contribution in [1.29, 1.82) is 0 Å². The number of hydrogen-bond acceptors (Lipinski definition) is 6. The Bertz CT molecular complexity index is 902. The molecule has 9 heteroatoms. The molecule has 0 aliphatic heterocycles. The highest BCUT2D eigenvalue weighted by molar-refractivity contribution is 6.30. The van der Waals surface area contributed by atoms with Crippen molar-refractivity contribution in [2.24, 2.45) is 5.73 Å². The molecular weight excluding hydrogens is 375 g/mol. The van der Waals surface area contributed by atoms with Crippen LogP contribution >= 0.6 is 24.0 Å². The smallest absolute Gasteiger partial charge is 0.280 e. The first-order valence-corrected chi connectivity index (χ1v) is 8.82. The number of nitrogens with zero attached hydrogens (tertiary/aromatic N) is 5. The third-order valence-electron chi connectivity index (χ3n) is 4.62. The molecule has 1 aromatic carbocycles. The van der Waals surface area contributed by atoms with Gasteiger partial charge in [-0.2, -0.15) is 4.98 Å². The molecule has 1 saturated carbocycles. The Morgan fingerprint density at radius 2 is 2.15 bits per heavy atom. The fourth-order valence-corrected chi connectivity index (χ4v) is 3.23. The monoisotopic (exact) mass is 394 g/mol. The zero-order valence-electron chi connectivity index (χ0n) is 14.4. The maximum absolute atomic E-state index is 6.28. The van der Waals surface area contributed by atoms with Gasteiger partial charge in [0.2, 0.25) is 0 Å². The van der Waals surface area contributed by atoms with E-state index in [-0.39, 0.29) is 12.4 Å². The van der Waals surface area contributed by atoms with E-state index in [1.807, 2.05) is 24.3 Å². The van der Waals surface area contributed by atoms with E-state index in [1.54, 1.807) is 4.68 Å². The van der Waals surface area contributed by atoms with Crippen LogP contribution in [-0.4, -0.2) is 25.1 Å². The molecule has 0 radical (unpaired) electrons. The molecule has 138 valence electrons. The van der Waals surface area contributed by atoms with Gasteiger partial charge >= 0.3 is 0 Å². The highest BCUT2D eigenvalue weighted by Crippen LogP contribution is 2.37. The molecule has 0 amide bonds. The predicted octanol–water partition coefficient (Wildman–Crippen LogP) is 3.68. The van der Waals surface area contributed by atoms with Gasteiger partial charge in [0.25, 0.3) is 5.89 Å². The number of hydrogen-bond donors (Lipinski definition) is 1. The van der Waals surface area contributed by atoms with Crippen molar-refractivity contribution >= 4 is 24.0 Å². The molecule has 1 aliphatic carbocycles. The largest absolute Gasteiger partial charge is 0.332 e. The first kappa shape index (κ1) is 18.8. The van der Waals surface area contributed by atoms with E-state index < -0.39 is 5.54 Å². The van der Waals surface area contributed by atoms with Crippen molar-refractivity contribution in [2.75, 3.05) is 0 Å². The molecule has 4 rings (SSSR count). The van der Waals surface area contributed by atoms with Crippen LogP contribution in [0.25, 0.3) is 17.3 Å². The van der Waals surface area contributed by atoms with Crippen LogP contribution in [0.15, 0.2) is 28.8 Å². The highest BCUT2D eigenvalue weighted by Gasteiger charge is 2.39. The van der Waals surface area contributed by atoms with Gasteiger partial charge in [-0.05, 0) is 43.9 Å². The van der Waals surface area contributed by atoms with Gasteiger partial charge < -0.3 is 10.3 Å². The van der Waals surface area contributed by atoms with Crippen molar-refractivity contribution in [3.8, 4) is 17.3 Å². The van der Waals surface area contributed by atoms with Crippen molar-refractivity contribution in [1.82, 2.24) is 25.1 Å². The summed E-state index contributed by atoms with van der Waals surface area (Å²) in [4.78, 5) is 4.50. The van der Waals surface area contributed by atoms with Gasteiger partial charge in [-0.1, -0.05) is 41.4 Å². The lowest BCUT2D eigenvalue weighted by Gasteiger charge is -2.34. The Hall–Kier alpha value is -1.96. The Kier molecular flexibility index (Phi) is 5.32. The van der Waals surface area contributed by atoms with Crippen LogP contribution in [0.3, 0.4) is 0 Å². The normalized spacial score (nSPS) is 15.3. The van der Waals surface area contributed by atoms with Gasteiger partial charge in [0.1, 0.15) is 0 Å². The lowest BCUT2D eigenvalue weighted by molar-refractivity contribution is 0.229. The van der Waals surface area contributed by atoms with Gasteiger partial charge in [-0.15, -0.1) is 17.5 Å². The van der Waals surface area contributed by atoms with Gasteiger partial charge in [0, 0.05) is 5.02 Å². The average molecular weight is 395 g/mol. The summed E-state index contributed by atoms with van der Waals surface area (Å²) in [7, 11) is 0. The molecule has 2 aromatic heterocycles. The number of nitrogens with two attached hydrogens (primary N) is 1. The number of benzene rings is 1. The van der Waals surface area contributed by atoms with E-state index >= 15 is 0 Å². The maximum Gasteiger partial charge on any atom is 0.280 e. The zero-order valence-corrected chi connectivity index (χ0v) is 15.9. The van der Waals surface area contributed by atoms with E-state index in [0.717, 1.165) is 43.5 Å². The summed E-state index contributed by atoms with van der Waals surface area (Å²) in [5.74, 6) is 0.914. The second-order valence-electron chi connectivity index (χ2n) is 6.46. The van der Waals surface area contributed by atoms with E-state index in [1.165, 1.54) is 0 Å². The van der Waals surface area contributed by atoms with Gasteiger partial charge in [0.15, 0.2) is 11.5 Å². The standard InChI is InChI=1S/C17H19ClN6O.ClH/c1-2-5-13-14(15-20-16(22-25-15)17(19)8-4-9-17)21-23-24(13)12-7-3-6-11(18)10-12;/h3,6-7,10H,2,4-5,8-9,19H2,1H3;1H. The van der Waals surface area contributed by atoms with Crippen LogP contribution in [0.1, 0.15) is 44.1 Å². The van der Waals surface area contributed by atoms with Crippen LogP contribution < -0.4 is 5.73 Å². The van der Waals surface area contributed by atoms with E-state index in [2.05, 4.69) is 27.4 Å². The Morgan fingerprint density at radius 1 is 1.35 bits per heavy atom. The van der Waals surface area contributed by atoms with E-state index in [0.29, 0.717) is 22.4 Å².